The van der Waals surface area contributed by atoms with Crippen LogP contribution in [0.2, 0.25) is 0 Å². The predicted octanol–water partition coefficient (Wildman–Crippen LogP) is 1.73. The maximum absolute atomic E-state index is 9.85. The van der Waals surface area contributed by atoms with Crippen LogP contribution in [0, 0.1) is 0 Å². The first kappa shape index (κ1) is 9.69. The van der Waals surface area contributed by atoms with Crippen LogP contribution in [0.4, 0.5) is 0 Å². The van der Waals surface area contributed by atoms with Crippen LogP contribution >= 0.6 is 0 Å². The number of β-amino-alcohol motifs (C(OH)–C–C–N with tert-alkyl or cyclic N) is 1. The Kier molecular flexibility index (Phi) is 2.57. The molecule has 1 aliphatic heterocycles. The summed E-state index contributed by atoms with van der Waals surface area (Å²) in [6.07, 6.45) is 0.752. The van der Waals surface area contributed by atoms with Gasteiger partial charge in [-0.25, -0.2) is 0 Å². The summed E-state index contributed by atoms with van der Waals surface area (Å²) in [4.78, 5) is 2.16. The second-order valence-electron chi connectivity index (χ2n) is 4.10. The van der Waals surface area contributed by atoms with Crippen molar-refractivity contribution < 1.29 is 5.11 Å². The number of aliphatic hydroxyl groups is 1. The van der Waals surface area contributed by atoms with Gasteiger partial charge in [-0.3, -0.25) is 4.90 Å². The van der Waals surface area contributed by atoms with E-state index >= 15 is 0 Å². The summed E-state index contributed by atoms with van der Waals surface area (Å²) in [7, 11) is 2.05. The number of likely N-dealkylation sites (N-methyl/N-ethyl adjacent to an activating group) is 1. The number of benzene rings is 1. The van der Waals surface area contributed by atoms with Crippen molar-refractivity contribution in [3.8, 4) is 0 Å². The lowest BCUT2D eigenvalue weighted by Gasteiger charge is -2.29. The summed E-state index contributed by atoms with van der Waals surface area (Å²) >= 11 is 0. The van der Waals surface area contributed by atoms with Crippen molar-refractivity contribution in [1.29, 1.82) is 0 Å². The van der Waals surface area contributed by atoms with Crippen molar-refractivity contribution in [3.63, 3.8) is 0 Å². The number of aliphatic hydroxyl groups excluding tert-OH is 1. The standard InChI is InChI=1S/C12H17NO/c1-3-9-4-5-11-10(6-9)7-13(2)8-12(11)14/h4-6,12,14H,3,7-8H2,1-2H3. The second kappa shape index (κ2) is 3.71. The minimum absolute atomic E-state index is 0.311. The normalized spacial score (nSPS) is 22.1. The van der Waals surface area contributed by atoms with Crippen molar-refractivity contribution in [3.05, 3.63) is 34.9 Å². The Hall–Kier alpha value is -0.860. The summed E-state index contributed by atoms with van der Waals surface area (Å²) in [5.74, 6) is 0. The fourth-order valence-corrected chi connectivity index (χ4v) is 2.09. The topological polar surface area (TPSA) is 23.5 Å². The minimum Gasteiger partial charge on any atom is -0.387 e. The molecule has 2 rings (SSSR count). The summed E-state index contributed by atoms with van der Waals surface area (Å²) in [5.41, 5.74) is 3.75. The van der Waals surface area contributed by atoms with Gasteiger partial charge in [0, 0.05) is 13.1 Å². The molecule has 1 aromatic carbocycles. The molecule has 1 N–H and O–H groups in total. The summed E-state index contributed by atoms with van der Waals surface area (Å²) < 4.78 is 0. The zero-order valence-corrected chi connectivity index (χ0v) is 8.83. The quantitative estimate of drug-likeness (QED) is 0.730. The monoisotopic (exact) mass is 191 g/mol. The Bertz CT molecular complexity index is 335. The molecule has 0 saturated carbocycles. The van der Waals surface area contributed by atoms with Crippen LogP contribution in [-0.2, 0) is 13.0 Å². The van der Waals surface area contributed by atoms with E-state index in [2.05, 4.69) is 30.0 Å². The van der Waals surface area contributed by atoms with Gasteiger partial charge in [0.25, 0.3) is 0 Å². The zero-order valence-electron chi connectivity index (χ0n) is 8.83. The Morgan fingerprint density at radius 2 is 2.29 bits per heavy atom. The molecule has 0 aliphatic carbocycles. The number of fused-ring (bicyclic) bond motifs is 1. The van der Waals surface area contributed by atoms with Crippen LogP contribution in [0.5, 0.6) is 0 Å². The lowest BCUT2D eigenvalue weighted by atomic mass is 9.95. The van der Waals surface area contributed by atoms with E-state index < -0.39 is 0 Å². The van der Waals surface area contributed by atoms with Crippen LogP contribution in [0.3, 0.4) is 0 Å². The molecule has 0 aromatic heterocycles. The molecule has 0 bridgehead atoms. The van der Waals surface area contributed by atoms with E-state index in [1.807, 2.05) is 7.05 Å². The SMILES string of the molecule is CCc1ccc2c(c1)CN(C)CC2O. The smallest absolute Gasteiger partial charge is 0.0920 e. The van der Waals surface area contributed by atoms with E-state index in [4.69, 9.17) is 0 Å². The fourth-order valence-electron chi connectivity index (χ4n) is 2.09. The number of aryl methyl sites for hydroxylation is 1. The molecular formula is C12H17NO. The van der Waals surface area contributed by atoms with Crippen LogP contribution in [0.1, 0.15) is 29.7 Å². The van der Waals surface area contributed by atoms with E-state index in [0.717, 1.165) is 25.1 Å². The van der Waals surface area contributed by atoms with Gasteiger partial charge in [0.2, 0.25) is 0 Å². The maximum Gasteiger partial charge on any atom is 0.0920 e. The zero-order chi connectivity index (χ0) is 10.1. The second-order valence-corrected chi connectivity index (χ2v) is 4.10. The molecule has 1 aliphatic rings. The van der Waals surface area contributed by atoms with Crippen molar-refractivity contribution in [2.24, 2.45) is 0 Å². The highest BCUT2D eigenvalue weighted by Gasteiger charge is 2.20. The average Bonchev–Trinajstić information content (AvgIpc) is 2.16. The first-order valence-electron chi connectivity index (χ1n) is 5.19. The lowest BCUT2D eigenvalue weighted by Crippen LogP contribution is -2.30. The van der Waals surface area contributed by atoms with Gasteiger partial charge in [0.05, 0.1) is 6.10 Å². The van der Waals surface area contributed by atoms with E-state index in [0.29, 0.717) is 0 Å². The Morgan fingerprint density at radius 1 is 1.50 bits per heavy atom. The van der Waals surface area contributed by atoms with Crippen LogP contribution < -0.4 is 0 Å². The van der Waals surface area contributed by atoms with Gasteiger partial charge in [-0.05, 0) is 30.2 Å². The molecule has 0 saturated heterocycles. The van der Waals surface area contributed by atoms with Gasteiger partial charge < -0.3 is 5.11 Å². The summed E-state index contributed by atoms with van der Waals surface area (Å²) in [5, 5.41) is 9.85. The molecule has 14 heavy (non-hydrogen) atoms. The van der Waals surface area contributed by atoms with Gasteiger partial charge >= 0.3 is 0 Å². The van der Waals surface area contributed by atoms with Crippen molar-refractivity contribution in [1.82, 2.24) is 4.90 Å². The predicted molar refractivity (Wildman–Crippen MR) is 57.1 cm³/mol. The summed E-state index contributed by atoms with van der Waals surface area (Å²) in [6, 6.07) is 6.41. The van der Waals surface area contributed by atoms with E-state index in [-0.39, 0.29) is 6.10 Å². The Labute approximate surface area is 85.2 Å². The third-order valence-corrected chi connectivity index (χ3v) is 2.90. The molecule has 2 nitrogen and oxygen atoms in total. The highest BCUT2D eigenvalue weighted by atomic mass is 16.3. The van der Waals surface area contributed by atoms with Gasteiger partial charge in [-0.1, -0.05) is 25.1 Å². The van der Waals surface area contributed by atoms with Crippen LogP contribution in [0.15, 0.2) is 18.2 Å². The van der Waals surface area contributed by atoms with Crippen molar-refractivity contribution in [2.75, 3.05) is 13.6 Å². The Balaban J connectivity index is 2.39. The van der Waals surface area contributed by atoms with Gasteiger partial charge in [0.1, 0.15) is 0 Å². The third-order valence-electron chi connectivity index (χ3n) is 2.90. The molecule has 76 valence electrons. The highest BCUT2D eigenvalue weighted by molar-refractivity contribution is 5.35. The average molecular weight is 191 g/mol. The first-order valence-corrected chi connectivity index (χ1v) is 5.19. The molecule has 0 spiro atoms. The lowest BCUT2D eigenvalue weighted by molar-refractivity contribution is 0.108. The molecule has 0 amide bonds. The van der Waals surface area contributed by atoms with Gasteiger partial charge in [-0.15, -0.1) is 0 Å². The molecule has 0 radical (unpaired) electrons. The maximum atomic E-state index is 9.85. The number of nitrogens with zero attached hydrogens (tertiary/aromatic N) is 1. The molecule has 0 fully saturated rings. The fraction of sp³-hybridized carbons (Fsp3) is 0.500. The van der Waals surface area contributed by atoms with E-state index in [9.17, 15) is 5.11 Å². The van der Waals surface area contributed by atoms with Crippen LogP contribution in [-0.4, -0.2) is 23.6 Å². The first-order chi connectivity index (χ1) is 6.70. The molecule has 1 unspecified atom stereocenters. The third kappa shape index (κ3) is 1.68. The summed E-state index contributed by atoms with van der Waals surface area (Å²) in [6.45, 7) is 3.86. The van der Waals surface area contributed by atoms with Crippen molar-refractivity contribution in [2.45, 2.75) is 26.0 Å². The van der Waals surface area contributed by atoms with Gasteiger partial charge in [-0.2, -0.15) is 0 Å². The molecular weight excluding hydrogens is 174 g/mol. The van der Waals surface area contributed by atoms with E-state index in [1.54, 1.807) is 0 Å². The molecule has 1 heterocycles. The van der Waals surface area contributed by atoms with Crippen LogP contribution in [0.25, 0.3) is 0 Å². The van der Waals surface area contributed by atoms with Gasteiger partial charge in [0.15, 0.2) is 0 Å². The molecule has 1 atom stereocenters. The highest BCUT2D eigenvalue weighted by Crippen LogP contribution is 2.26. The molecule has 1 aromatic rings. The Morgan fingerprint density at radius 3 is 3.00 bits per heavy atom. The van der Waals surface area contributed by atoms with E-state index in [1.165, 1.54) is 11.1 Å². The van der Waals surface area contributed by atoms with Crippen molar-refractivity contribution >= 4 is 0 Å². The molecule has 2 heteroatoms. The number of hydrogen-bond acceptors (Lipinski definition) is 2. The number of rotatable bonds is 1. The largest absolute Gasteiger partial charge is 0.387 e. The number of hydrogen-bond donors (Lipinski definition) is 1. The minimum atomic E-state index is -0.311.